The fraction of sp³-hybridized carbons (Fsp3) is 0.353. The van der Waals surface area contributed by atoms with Crippen molar-refractivity contribution in [2.45, 2.75) is 51.7 Å². The van der Waals surface area contributed by atoms with Gasteiger partial charge >= 0.3 is 13.2 Å². The van der Waals surface area contributed by atoms with E-state index in [9.17, 15) is 37.7 Å². The summed E-state index contributed by atoms with van der Waals surface area (Å²) in [5, 5.41) is 37.4. The summed E-state index contributed by atoms with van der Waals surface area (Å²) in [7, 11) is 0. The third-order valence-electron chi connectivity index (χ3n) is 6.70. The highest BCUT2D eigenvalue weighted by Gasteiger charge is 2.20. The van der Waals surface area contributed by atoms with Crippen molar-refractivity contribution in [1.82, 2.24) is 9.80 Å². The average Bonchev–Trinajstić information content (AvgIpc) is 3.07. The molecular weight excluding hydrogens is 632 g/mol. The van der Waals surface area contributed by atoms with E-state index in [0.29, 0.717) is 36.8 Å². The molecule has 0 aliphatic carbocycles. The van der Waals surface area contributed by atoms with Gasteiger partial charge in [-0.3, -0.25) is 9.59 Å². The van der Waals surface area contributed by atoms with E-state index >= 15 is 0 Å². The van der Waals surface area contributed by atoms with Gasteiger partial charge in [-0.15, -0.1) is 0 Å². The lowest BCUT2D eigenvalue weighted by molar-refractivity contribution is -0.127. The topological polar surface area (TPSA) is 154 Å². The summed E-state index contributed by atoms with van der Waals surface area (Å²) in [5.41, 5.74) is 0.454. The van der Waals surface area contributed by atoms with Gasteiger partial charge in [-0.1, -0.05) is 37.1 Å². The summed E-state index contributed by atoms with van der Waals surface area (Å²) in [5.74, 6) is -1.31. The van der Waals surface area contributed by atoms with Gasteiger partial charge in [-0.25, -0.2) is 0 Å². The van der Waals surface area contributed by atoms with E-state index in [-0.39, 0.29) is 61.7 Å². The summed E-state index contributed by atoms with van der Waals surface area (Å²) in [6.45, 7) is -5.29. The SMILES string of the molecule is N#CCCN(CCCCCCN(CCC#N)C(=O)C(C#N)=Cc1ccc(OC(F)F)cc1)C(=O)C(C#N)=Cc1ccc(OC(F)F)cc1. The monoisotopic (exact) mass is 664 g/mol. The lowest BCUT2D eigenvalue weighted by atomic mass is 10.1. The second-order valence-electron chi connectivity index (χ2n) is 10.0. The minimum Gasteiger partial charge on any atom is -0.435 e. The number of carbonyl (C=O) groups excluding carboxylic acids is 2. The Balaban J connectivity index is 1.98. The van der Waals surface area contributed by atoms with Crippen molar-refractivity contribution < 1.29 is 36.6 Å². The number of hydrogen-bond donors (Lipinski definition) is 0. The van der Waals surface area contributed by atoms with E-state index < -0.39 is 25.0 Å². The largest absolute Gasteiger partial charge is 0.435 e. The lowest BCUT2D eigenvalue weighted by Crippen LogP contribution is -2.34. The lowest BCUT2D eigenvalue weighted by Gasteiger charge is -2.22. The van der Waals surface area contributed by atoms with E-state index in [1.807, 2.05) is 24.3 Å². The number of ether oxygens (including phenoxy) is 2. The number of nitriles is 4. The quantitative estimate of drug-likeness (QED) is 0.0719. The number of benzene rings is 2. The van der Waals surface area contributed by atoms with Gasteiger partial charge in [0.2, 0.25) is 0 Å². The third kappa shape index (κ3) is 13.6. The van der Waals surface area contributed by atoms with Crippen LogP contribution in [0.25, 0.3) is 12.2 Å². The molecule has 2 aromatic rings. The van der Waals surface area contributed by atoms with Crippen LogP contribution >= 0.6 is 0 Å². The van der Waals surface area contributed by atoms with Crippen LogP contribution in [0.4, 0.5) is 17.6 Å². The Hall–Kier alpha value is -5.86. The Morgan fingerprint density at radius 1 is 0.604 bits per heavy atom. The number of rotatable bonds is 19. The van der Waals surface area contributed by atoms with Crippen LogP contribution in [0.2, 0.25) is 0 Å². The maximum absolute atomic E-state index is 13.1. The predicted octanol–water partition coefficient (Wildman–Crippen LogP) is 6.45. The number of unbranched alkanes of at least 4 members (excludes halogenated alkanes) is 3. The van der Waals surface area contributed by atoms with Crippen LogP contribution < -0.4 is 9.47 Å². The van der Waals surface area contributed by atoms with Crippen LogP contribution in [0.1, 0.15) is 49.7 Å². The Morgan fingerprint density at radius 2 is 0.958 bits per heavy atom. The molecule has 14 heteroatoms. The minimum atomic E-state index is -2.99. The molecule has 0 spiro atoms. The van der Waals surface area contributed by atoms with Crippen molar-refractivity contribution in [3.05, 3.63) is 70.8 Å². The minimum absolute atomic E-state index is 0.0441. The molecule has 0 aromatic heterocycles. The smallest absolute Gasteiger partial charge is 0.387 e. The Morgan fingerprint density at radius 3 is 1.25 bits per heavy atom. The molecule has 0 N–H and O–H groups in total. The van der Waals surface area contributed by atoms with Gasteiger partial charge in [0.15, 0.2) is 0 Å². The highest BCUT2D eigenvalue weighted by molar-refractivity contribution is 6.02. The van der Waals surface area contributed by atoms with E-state index in [0.717, 1.165) is 0 Å². The summed E-state index contributed by atoms with van der Waals surface area (Å²) >= 11 is 0. The number of nitrogens with zero attached hydrogens (tertiary/aromatic N) is 6. The molecule has 0 bridgehead atoms. The zero-order valence-corrected chi connectivity index (χ0v) is 25.8. The van der Waals surface area contributed by atoms with Crippen LogP contribution in [-0.2, 0) is 9.59 Å². The molecule has 0 atom stereocenters. The molecular formula is C34H32F4N6O4. The molecule has 0 heterocycles. The number of hydrogen-bond acceptors (Lipinski definition) is 8. The number of carbonyl (C=O) groups is 2. The van der Waals surface area contributed by atoms with Crippen molar-refractivity contribution in [2.75, 3.05) is 26.2 Å². The van der Waals surface area contributed by atoms with Gasteiger partial charge < -0.3 is 19.3 Å². The number of halogens is 4. The van der Waals surface area contributed by atoms with Gasteiger partial charge in [0, 0.05) is 26.2 Å². The fourth-order valence-corrected chi connectivity index (χ4v) is 4.41. The molecule has 10 nitrogen and oxygen atoms in total. The maximum Gasteiger partial charge on any atom is 0.387 e. The van der Waals surface area contributed by atoms with Crippen LogP contribution in [0.15, 0.2) is 59.7 Å². The summed E-state index contributed by atoms with van der Waals surface area (Å²) < 4.78 is 58.2. The maximum atomic E-state index is 13.1. The predicted molar refractivity (Wildman–Crippen MR) is 165 cm³/mol. The normalized spacial score (nSPS) is 11.2. The molecule has 48 heavy (non-hydrogen) atoms. The van der Waals surface area contributed by atoms with Crippen LogP contribution in [0.3, 0.4) is 0 Å². The van der Waals surface area contributed by atoms with Gasteiger partial charge in [0.05, 0.1) is 25.0 Å². The summed E-state index contributed by atoms with van der Waals surface area (Å²) in [6.07, 6.45) is 5.03. The Bertz CT molecular complexity index is 1460. The van der Waals surface area contributed by atoms with E-state index in [2.05, 4.69) is 9.47 Å². The summed E-state index contributed by atoms with van der Waals surface area (Å²) in [4.78, 5) is 29.0. The van der Waals surface area contributed by atoms with Crippen LogP contribution in [0, 0.1) is 45.3 Å². The third-order valence-corrected chi connectivity index (χ3v) is 6.70. The average molecular weight is 665 g/mol. The number of amides is 2. The molecule has 0 aliphatic rings. The number of alkyl halides is 4. The second kappa shape index (κ2) is 21.0. The second-order valence-corrected chi connectivity index (χ2v) is 10.0. The fourth-order valence-electron chi connectivity index (χ4n) is 4.41. The Labute approximate surface area is 275 Å². The van der Waals surface area contributed by atoms with Gasteiger partial charge in [0.1, 0.15) is 34.8 Å². The summed E-state index contributed by atoms with van der Waals surface area (Å²) in [6, 6.07) is 18.5. The first kappa shape index (κ1) is 38.3. The van der Waals surface area contributed by atoms with E-state index in [1.165, 1.54) is 70.5 Å². The first-order valence-electron chi connectivity index (χ1n) is 14.8. The van der Waals surface area contributed by atoms with E-state index in [4.69, 9.17) is 10.5 Å². The highest BCUT2D eigenvalue weighted by Crippen LogP contribution is 2.19. The van der Waals surface area contributed by atoms with Gasteiger partial charge in [-0.05, 0) is 60.4 Å². The van der Waals surface area contributed by atoms with Crippen molar-refractivity contribution >= 4 is 24.0 Å². The van der Waals surface area contributed by atoms with Crippen molar-refractivity contribution in [1.29, 1.82) is 21.0 Å². The molecule has 2 aromatic carbocycles. The standard InChI is InChI=1S/C34H32F4N6O4/c35-33(36)47-29-11-7-25(8-12-29)21-27(23-41)31(45)43(19-5-15-39)17-3-1-2-4-18-44(20-6-16-40)32(46)28(24-42)22-26-9-13-30(14-10-26)48-34(37)38/h7-14,21-22,33-34H,1-6,17-20H2. The van der Waals surface area contributed by atoms with Gasteiger partial charge in [0.25, 0.3) is 11.8 Å². The molecule has 0 saturated heterocycles. The zero-order chi connectivity index (χ0) is 35.3. The molecule has 250 valence electrons. The van der Waals surface area contributed by atoms with E-state index in [1.54, 1.807) is 0 Å². The first-order valence-corrected chi connectivity index (χ1v) is 14.8. The molecule has 0 radical (unpaired) electrons. The van der Waals surface area contributed by atoms with Crippen molar-refractivity contribution in [2.24, 2.45) is 0 Å². The molecule has 0 unspecified atom stereocenters. The zero-order valence-electron chi connectivity index (χ0n) is 25.8. The van der Waals surface area contributed by atoms with Crippen LogP contribution in [0.5, 0.6) is 11.5 Å². The highest BCUT2D eigenvalue weighted by atomic mass is 19.3. The molecule has 0 saturated carbocycles. The molecule has 0 aliphatic heterocycles. The van der Waals surface area contributed by atoms with Crippen LogP contribution in [-0.4, -0.2) is 61.0 Å². The molecule has 0 fully saturated rings. The van der Waals surface area contributed by atoms with Crippen molar-refractivity contribution in [3.63, 3.8) is 0 Å². The molecule has 2 amide bonds. The molecule has 2 rings (SSSR count). The Kier molecular flexibility index (Phi) is 16.8. The first-order chi connectivity index (χ1) is 23.1. The van der Waals surface area contributed by atoms with Crippen molar-refractivity contribution in [3.8, 4) is 35.8 Å². The van der Waals surface area contributed by atoms with Gasteiger partial charge in [-0.2, -0.15) is 38.6 Å².